The van der Waals surface area contributed by atoms with Gasteiger partial charge in [0.05, 0.1) is 12.5 Å². The van der Waals surface area contributed by atoms with E-state index in [9.17, 15) is 4.79 Å². The van der Waals surface area contributed by atoms with E-state index < -0.39 is 0 Å². The quantitative estimate of drug-likeness (QED) is 0.755. The molecule has 0 aliphatic heterocycles. The van der Waals surface area contributed by atoms with Crippen LogP contribution in [0.3, 0.4) is 0 Å². The van der Waals surface area contributed by atoms with Crippen molar-refractivity contribution in [3.63, 3.8) is 0 Å². The van der Waals surface area contributed by atoms with Gasteiger partial charge in [-0.1, -0.05) is 18.2 Å². The average Bonchev–Trinajstić information content (AvgIpc) is 2.20. The van der Waals surface area contributed by atoms with Crippen LogP contribution in [-0.4, -0.2) is 12.5 Å². The maximum Gasteiger partial charge on any atom is 0.225 e. The summed E-state index contributed by atoms with van der Waals surface area (Å²) in [5.74, 6) is -0.111. The van der Waals surface area contributed by atoms with E-state index in [-0.39, 0.29) is 12.5 Å². The van der Waals surface area contributed by atoms with Gasteiger partial charge in [0.15, 0.2) is 0 Å². The van der Waals surface area contributed by atoms with Crippen LogP contribution < -0.4 is 5.32 Å². The third-order valence-electron chi connectivity index (χ3n) is 2.30. The third kappa shape index (κ3) is 3.43. The molecule has 0 atom stereocenters. The Bertz CT molecular complexity index is 405. The van der Waals surface area contributed by atoms with Crippen LogP contribution in [0.25, 0.3) is 0 Å². The number of rotatable bonds is 3. The molecule has 1 rings (SSSR count). The molecule has 0 saturated carbocycles. The molecule has 15 heavy (non-hydrogen) atoms. The second-order valence-electron chi connectivity index (χ2n) is 3.53. The van der Waals surface area contributed by atoms with E-state index >= 15 is 0 Å². The van der Waals surface area contributed by atoms with Gasteiger partial charge in [-0.15, -0.1) is 0 Å². The maximum atomic E-state index is 11.3. The molecule has 78 valence electrons. The predicted molar refractivity (Wildman–Crippen MR) is 58.2 cm³/mol. The standard InChI is InChI=1S/C12H14N2O/c1-9-3-4-11(7-10(9)2)8-12(15)14-6-5-13/h3-4,7H,6,8H2,1-2H3,(H,14,15). The molecule has 0 unspecified atom stereocenters. The van der Waals surface area contributed by atoms with Crippen molar-refractivity contribution < 1.29 is 4.79 Å². The van der Waals surface area contributed by atoms with Crippen LogP contribution >= 0.6 is 0 Å². The first-order chi connectivity index (χ1) is 7.13. The molecular formula is C12H14N2O. The summed E-state index contributed by atoms with van der Waals surface area (Å²) < 4.78 is 0. The Morgan fingerprint density at radius 2 is 2.13 bits per heavy atom. The van der Waals surface area contributed by atoms with Crippen LogP contribution in [0.4, 0.5) is 0 Å². The van der Waals surface area contributed by atoms with Crippen LogP contribution in [0.2, 0.25) is 0 Å². The van der Waals surface area contributed by atoms with Gasteiger partial charge < -0.3 is 5.32 Å². The largest absolute Gasteiger partial charge is 0.343 e. The summed E-state index contributed by atoms with van der Waals surface area (Å²) in [6.45, 7) is 4.13. The van der Waals surface area contributed by atoms with Gasteiger partial charge in [0.1, 0.15) is 6.54 Å². The molecule has 3 heteroatoms. The van der Waals surface area contributed by atoms with Gasteiger partial charge in [0, 0.05) is 0 Å². The van der Waals surface area contributed by atoms with Crippen LogP contribution in [0.5, 0.6) is 0 Å². The minimum Gasteiger partial charge on any atom is -0.343 e. The lowest BCUT2D eigenvalue weighted by atomic mass is 10.0. The van der Waals surface area contributed by atoms with Crippen LogP contribution in [0.1, 0.15) is 16.7 Å². The number of benzene rings is 1. The number of nitriles is 1. The zero-order valence-corrected chi connectivity index (χ0v) is 9.00. The molecule has 0 fully saturated rings. The minimum absolute atomic E-state index is 0.0731. The van der Waals surface area contributed by atoms with Gasteiger partial charge in [-0.3, -0.25) is 4.79 Å². The van der Waals surface area contributed by atoms with Crippen molar-refractivity contribution in [3.8, 4) is 6.07 Å². The van der Waals surface area contributed by atoms with E-state index in [0.717, 1.165) is 5.56 Å². The van der Waals surface area contributed by atoms with E-state index in [1.54, 1.807) is 0 Å². The van der Waals surface area contributed by atoms with E-state index in [0.29, 0.717) is 6.42 Å². The smallest absolute Gasteiger partial charge is 0.225 e. The van der Waals surface area contributed by atoms with Gasteiger partial charge in [0.2, 0.25) is 5.91 Å². The number of carbonyl (C=O) groups excluding carboxylic acids is 1. The Hall–Kier alpha value is -1.82. The van der Waals surface area contributed by atoms with Crippen molar-refractivity contribution in [1.82, 2.24) is 5.32 Å². The first-order valence-corrected chi connectivity index (χ1v) is 4.83. The first-order valence-electron chi connectivity index (χ1n) is 4.83. The number of nitrogens with one attached hydrogen (secondary N) is 1. The van der Waals surface area contributed by atoms with Crippen molar-refractivity contribution in [1.29, 1.82) is 5.26 Å². The van der Waals surface area contributed by atoms with Crippen molar-refractivity contribution in [2.75, 3.05) is 6.54 Å². The average molecular weight is 202 g/mol. The SMILES string of the molecule is Cc1ccc(CC(=O)NCC#N)cc1C. The Morgan fingerprint density at radius 1 is 1.40 bits per heavy atom. The molecule has 1 aromatic carbocycles. The Morgan fingerprint density at radius 3 is 2.73 bits per heavy atom. The summed E-state index contributed by atoms with van der Waals surface area (Å²) >= 11 is 0. The molecule has 0 heterocycles. The van der Waals surface area contributed by atoms with Gasteiger partial charge >= 0.3 is 0 Å². The summed E-state index contributed by atoms with van der Waals surface area (Å²) in [4.78, 5) is 11.3. The summed E-state index contributed by atoms with van der Waals surface area (Å²) in [5.41, 5.74) is 3.38. The molecule has 1 N–H and O–H groups in total. The second-order valence-corrected chi connectivity index (χ2v) is 3.53. The number of amides is 1. The van der Waals surface area contributed by atoms with Crippen LogP contribution in [-0.2, 0) is 11.2 Å². The molecule has 0 saturated heterocycles. The minimum atomic E-state index is -0.111. The third-order valence-corrected chi connectivity index (χ3v) is 2.30. The normalized spacial score (nSPS) is 9.40. The predicted octanol–water partition coefficient (Wildman–Crippen LogP) is 1.49. The Kier molecular flexibility index (Phi) is 3.87. The Labute approximate surface area is 89.7 Å². The van der Waals surface area contributed by atoms with Crippen molar-refractivity contribution in [2.24, 2.45) is 0 Å². The summed E-state index contributed by atoms with van der Waals surface area (Å²) in [5, 5.41) is 10.8. The monoisotopic (exact) mass is 202 g/mol. The molecule has 0 bridgehead atoms. The van der Waals surface area contributed by atoms with E-state index in [2.05, 4.69) is 5.32 Å². The Balaban J connectivity index is 2.62. The molecule has 0 spiro atoms. The molecule has 0 aromatic heterocycles. The van der Waals surface area contributed by atoms with Gasteiger partial charge in [-0.2, -0.15) is 5.26 Å². The molecular weight excluding hydrogens is 188 g/mol. The molecule has 1 aromatic rings. The molecule has 0 aliphatic carbocycles. The van der Waals surface area contributed by atoms with E-state index in [1.807, 2.05) is 38.1 Å². The van der Waals surface area contributed by atoms with Crippen LogP contribution in [0, 0.1) is 25.2 Å². The highest BCUT2D eigenvalue weighted by Gasteiger charge is 2.03. The summed E-state index contributed by atoms with van der Waals surface area (Å²) in [6.07, 6.45) is 0.336. The molecule has 3 nitrogen and oxygen atoms in total. The highest BCUT2D eigenvalue weighted by Crippen LogP contribution is 2.10. The molecule has 0 radical (unpaired) electrons. The van der Waals surface area contributed by atoms with Gasteiger partial charge in [-0.25, -0.2) is 0 Å². The van der Waals surface area contributed by atoms with Crippen molar-refractivity contribution in [2.45, 2.75) is 20.3 Å². The number of hydrogen-bond acceptors (Lipinski definition) is 2. The first kappa shape index (κ1) is 11.3. The topological polar surface area (TPSA) is 52.9 Å². The van der Waals surface area contributed by atoms with Crippen molar-refractivity contribution >= 4 is 5.91 Å². The zero-order valence-electron chi connectivity index (χ0n) is 9.00. The lowest BCUT2D eigenvalue weighted by Gasteiger charge is -2.04. The van der Waals surface area contributed by atoms with E-state index in [4.69, 9.17) is 5.26 Å². The van der Waals surface area contributed by atoms with Crippen molar-refractivity contribution in [3.05, 3.63) is 34.9 Å². The van der Waals surface area contributed by atoms with Gasteiger partial charge in [-0.05, 0) is 30.5 Å². The fourth-order valence-corrected chi connectivity index (χ4v) is 1.30. The second kappa shape index (κ2) is 5.16. The molecule has 1 amide bonds. The summed E-state index contributed by atoms with van der Waals surface area (Å²) in [7, 11) is 0. The summed E-state index contributed by atoms with van der Waals surface area (Å²) in [6, 6.07) is 7.82. The number of aryl methyl sites for hydroxylation is 2. The zero-order chi connectivity index (χ0) is 11.3. The van der Waals surface area contributed by atoms with E-state index in [1.165, 1.54) is 11.1 Å². The number of carbonyl (C=O) groups is 1. The highest BCUT2D eigenvalue weighted by molar-refractivity contribution is 5.78. The fraction of sp³-hybridized carbons (Fsp3) is 0.333. The fourth-order valence-electron chi connectivity index (χ4n) is 1.30. The highest BCUT2D eigenvalue weighted by atomic mass is 16.1. The lowest BCUT2D eigenvalue weighted by Crippen LogP contribution is -2.25. The molecule has 0 aliphatic rings. The number of hydrogen-bond donors (Lipinski definition) is 1. The number of nitrogens with zero attached hydrogens (tertiary/aromatic N) is 1. The van der Waals surface area contributed by atoms with Crippen LogP contribution in [0.15, 0.2) is 18.2 Å². The lowest BCUT2D eigenvalue weighted by molar-refractivity contribution is -0.120. The maximum absolute atomic E-state index is 11.3. The van der Waals surface area contributed by atoms with Gasteiger partial charge in [0.25, 0.3) is 0 Å².